The number of nitrogens with two attached hydrogens (primary N) is 2. The molecule has 1 aliphatic rings. The smallest absolute Gasteiger partial charge is 0.235 e. The largest absolute Gasteiger partial charge is 0.368 e. The van der Waals surface area contributed by atoms with E-state index in [1.165, 1.54) is 12.8 Å². The summed E-state index contributed by atoms with van der Waals surface area (Å²) in [5.74, 6) is -0.447. The van der Waals surface area contributed by atoms with Gasteiger partial charge in [0.15, 0.2) is 0 Å². The average molecular weight is 214 g/mol. The second-order valence-corrected chi connectivity index (χ2v) is 4.07. The van der Waals surface area contributed by atoms with Crippen LogP contribution in [0, 0.1) is 0 Å². The molecule has 1 aliphatic carbocycles. The van der Waals surface area contributed by atoms with Crippen LogP contribution >= 0.6 is 0 Å². The van der Waals surface area contributed by atoms with Gasteiger partial charge in [-0.05, 0) is 19.4 Å². The van der Waals surface area contributed by atoms with Crippen molar-refractivity contribution in [3.63, 3.8) is 0 Å². The Kier molecular flexibility index (Phi) is 5.01. The van der Waals surface area contributed by atoms with Gasteiger partial charge in [-0.3, -0.25) is 9.69 Å². The Morgan fingerprint density at radius 1 is 1.60 bits per heavy atom. The molecule has 0 radical (unpaired) electrons. The first-order valence-electron chi connectivity index (χ1n) is 5.64. The molecule has 0 spiro atoms. The van der Waals surface area contributed by atoms with Crippen LogP contribution in [-0.2, 0) is 4.79 Å². The van der Waals surface area contributed by atoms with E-state index < -0.39 is 11.9 Å². The minimum absolute atomic E-state index is 0.447. The highest BCUT2D eigenvalue weighted by molar-refractivity contribution is 5.79. The van der Waals surface area contributed by atoms with E-state index in [4.69, 9.17) is 11.5 Å². The van der Waals surface area contributed by atoms with E-state index in [0.717, 1.165) is 25.7 Å². The van der Waals surface area contributed by atoms with E-state index in [1.807, 2.05) is 0 Å². The van der Waals surface area contributed by atoms with Crippen LogP contribution in [0.25, 0.3) is 0 Å². The fraction of sp³-hybridized carbons (Fsp3) is 0.900. The molecule has 1 atom stereocenters. The first-order chi connectivity index (χ1) is 7.15. The average Bonchev–Trinajstić information content (AvgIpc) is 3.01. The summed E-state index contributed by atoms with van der Waals surface area (Å²) in [7, 11) is 0. The number of nitrogens with zero attached hydrogens (tertiary/aromatic N) is 1. The van der Waals surface area contributed by atoms with E-state index in [9.17, 15) is 4.79 Å². The minimum Gasteiger partial charge on any atom is -0.368 e. The summed E-state index contributed by atoms with van der Waals surface area (Å²) in [4.78, 5) is 13.1. The SMILES string of the molecule is CCN(CCNCC(N)C(N)=O)C1CC1. The van der Waals surface area contributed by atoms with Crippen LogP contribution in [0.2, 0.25) is 0 Å². The number of likely N-dealkylation sites (N-methyl/N-ethyl adjacent to an activating group) is 1. The number of carbonyl (C=O) groups is 1. The van der Waals surface area contributed by atoms with Crippen molar-refractivity contribution in [2.24, 2.45) is 11.5 Å². The number of hydrogen-bond acceptors (Lipinski definition) is 4. The molecular weight excluding hydrogens is 192 g/mol. The highest BCUT2D eigenvalue weighted by atomic mass is 16.1. The van der Waals surface area contributed by atoms with Crippen molar-refractivity contribution < 1.29 is 4.79 Å². The number of amides is 1. The lowest BCUT2D eigenvalue weighted by atomic mass is 10.3. The molecule has 5 heteroatoms. The maximum atomic E-state index is 10.6. The van der Waals surface area contributed by atoms with Crippen molar-refractivity contribution in [2.45, 2.75) is 31.8 Å². The molecule has 1 saturated carbocycles. The van der Waals surface area contributed by atoms with E-state index in [1.54, 1.807) is 0 Å². The fourth-order valence-electron chi connectivity index (χ4n) is 1.62. The van der Waals surface area contributed by atoms with Gasteiger partial charge >= 0.3 is 0 Å². The van der Waals surface area contributed by atoms with Crippen molar-refractivity contribution in [3.8, 4) is 0 Å². The third kappa shape index (κ3) is 4.59. The van der Waals surface area contributed by atoms with Crippen molar-refractivity contribution >= 4 is 5.91 Å². The second kappa shape index (κ2) is 6.05. The summed E-state index contributed by atoms with van der Waals surface area (Å²) in [6.45, 7) is 5.62. The van der Waals surface area contributed by atoms with Crippen LogP contribution in [0.1, 0.15) is 19.8 Å². The molecule has 0 bridgehead atoms. The molecule has 15 heavy (non-hydrogen) atoms. The zero-order valence-corrected chi connectivity index (χ0v) is 9.41. The van der Waals surface area contributed by atoms with E-state index >= 15 is 0 Å². The molecule has 0 heterocycles. The molecular formula is C10H22N4O. The Balaban J connectivity index is 2.02. The van der Waals surface area contributed by atoms with Gasteiger partial charge in [0.05, 0.1) is 6.04 Å². The minimum atomic E-state index is -0.569. The number of carbonyl (C=O) groups excluding carboxylic acids is 1. The van der Waals surface area contributed by atoms with Gasteiger partial charge in [-0.2, -0.15) is 0 Å². The number of primary amides is 1. The number of nitrogens with one attached hydrogen (secondary N) is 1. The Bertz CT molecular complexity index is 206. The zero-order valence-electron chi connectivity index (χ0n) is 9.41. The maximum absolute atomic E-state index is 10.6. The molecule has 0 aromatic heterocycles. The molecule has 1 rings (SSSR count). The molecule has 0 aromatic carbocycles. The molecule has 5 nitrogen and oxygen atoms in total. The Labute approximate surface area is 91.2 Å². The van der Waals surface area contributed by atoms with Crippen molar-refractivity contribution in [2.75, 3.05) is 26.2 Å². The van der Waals surface area contributed by atoms with E-state index in [2.05, 4.69) is 17.1 Å². The highest BCUT2D eigenvalue weighted by Crippen LogP contribution is 2.25. The monoisotopic (exact) mass is 214 g/mol. The van der Waals surface area contributed by atoms with E-state index in [0.29, 0.717) is 6.54 Å². The maximum Gasteiger partial charge on any atom is 0.235 e. The topological polar surface area (TPSA) is 84.4 Å². The summed E-state index contributed by atoms with van der Waals surface area (Å²) in [5.41, 5.74) is 10.5. The summed E-state index contributed by atoms with van der Waals surface area (Å²) < 4.78 is 0. The van der Waals surface area contributed by atoms with Gasteiger partial charge in [-0.25, -0.2) is 0 Å². The lowest BCUT2D eigenvalue weighted by Gasteiger charge is -2.20. The molecule has 0 aliphatic heterocycles. The van der Waals surface area contributed by atoms with Gasteiger partial charge < -0.3 is 16.8 Å². The van der Waals surface area contributed by atoms with Crippen molar-refractivity contribution in [1.29, 1.82) is 0 Å². The lowest BCUT2D eigenvalue weighted by molar-refractivity contribution is -0.119. The standard InChI is InChI=1S/C10H22N4O/c1-2-14(8-3-4-8)6-5-13-7-9(11)10(12)15/h8-9,13H,2-7,11H2,1H3,(H2,12,15). The Morgan fingerprint density at radius 2 is 2.27 bits per heavy atom. The summed E-state index contributed by atoms with van der Waals surface area (Å²) >= 11 is 0. The van der Waals surface area contributed by atoms with Crippen LogP contribution in [-0.4, -0.2) is 49.1 Å². The van der Waals surface area contributed by atoms with Crippen molar-refractivity contribution in [1.82, 2.24) is 10.2 Å². The number of hydrogen-bond donors (Lipinski definition) is 3. The van der Waals surface area contributed by atoms with Gasteiger partial charge in [-0.1, -0.05) is 6.92 Å². The summed E-state index contributed by atoms with van der Waals surface area (Å²) in [6.07, 6.45) is 2.66. The van der Waals surface area contributed by atoms with Crippen LogP contribution in [0.15, 0.2) is 0 Å². The normalized spacial score (nSPS) is 18.1. The molecule has 1 unspecified atom stereocenters. The van der Waals surface area contributed by atoms with Gasteiger partial charge in [0.1, 0.15) is 0 Å². The molecule has 0 saturated heterocycles. The fourth-order valence-corrected chi connectivity index (χ4v) is 1.62. The van der Waals surface area contributed by atoms with Crippen LogP contribution in [0.5, 0.6) is 0 Å². The number of rotatable bonds is 8. The molecule has 1 amide bonds. The van der Waals surface area contributed by atoms with E-state index in [-0.39, 0.29) is 0 Å². The Morgan fingerprint density at radius 3 is 2.73 bits per heavy atom. The first-order valence-corrected chi connectivity index (χ1v) is 5.64. The molecule has 0 aromatic rings. The second-order valence-electron chi connectivity index (χ2n) is 4.07. The van der Waals surface area contributed by atoms with Gasteiger partial charge in [0.2, 0.25) is 5.91 Å². The van der Waals surface area contributed by atoms with Crippen LogP contribution < -0.4 is 16.8 Å². The summed E-state index contributed by atoms with van der Waals surface area (Å²) in [6, 6.07) is 0.225. The molecule has 88 valence electrons. The third-order valence-corrected chi connectivity index (χ3v) is 2.77. The predicted molar refractivity (Wildman–Crippen MR) is 60.3 cm³/mol. The quantitative estimate of drug-likeness (QED) is 0.447. The zero-order chi connectivity index (χ0) is 11.3. The highest BCUT2D eigenvalue weighted by Gasteiger charge is 2.27. The van der Waals surface area contributed by atoms with Crippen LogP contribution in [0.4, 0.5) is 0 Å². The van der Waals surface area contributed by atoms with Gasteiger partial charge in [0, 0.05) is 25.7 Å². The molecule has 5 N–H and O–H groups in total. The van der Waals surface area contributed by atoms with Gasteiger partial charge in [0.25, 0.3) is 0 Å². The third-order valence-electron chi connectivity index (χ3n) is 2.77. The first kappa shape index (κ1) is 12.4. The Hall–Kier alpha value is -0.650. The lowest BCUT2D eigenvalue weighted by Crippen LogP contribution is -2.45. The van der Waals surface area contributed by atoms with Crippen LogP contribution in [0.3, 0.4) is 0 Å². The summed E-state index contributed by atoms with van der Waals surface area (Å²) in [5, 5.41) is 3.15. The molecule has 1 fully saturated rings. The van der Waals surface area contributed by atoms with Crippen molar-refractivity contribution in [3.05, 3.63) is 0 Å². The van der Waals surface area contributed by atoms with Gasteiger partial charge in [-0.15, -0.1) is 0 Å². The predicted octanol–water partition coefficient (Wildman–Crippen LogP) is -1.13.